The molecular weight excluding hydrogens is 461 g/mol. The van der Waals surface area contributed by atoms with Crippen LogP contribution in [0.15, 0.2) is 47.6 Å². The quantitative estimate of drug-likeness (QED) is 0.243. The number of carbonyl (C=O) groups is 1. The second kappa shape index (κ2) is 9.34. The number of aromatic nitrogens is 2. The monoisotopic (exact) mass is 477 g/mol. The van der Waals surface area contributed by atoms with Gasteiger partial charge in [-0.15, -0.1) is 0 Å². The van der Waals surface area contributed by atoms with E-state index in [-0.39, 0.29) is 22.1 Å². The zero-order chi connectivity index (χ0) is 22.7. The molecule has 3 aromatic rings. The number of hydrogen-bond acceptors (Lipinski definition) is 5. The highest BCUT2D eigenvalue weighted by atomic mass is 35.5. The molecule has 0 aliphatic rings. The van der Waals surface area contributed by atoms with Gasteiger partial charge in [-0.3, -0.25) is 10.1 Å². The molecule has 0 aliphatic carbocycles. The average Bonchev–Trinajstić information content (AvgIpc) is 3.03. The molecule has 1 aromatic heterocycles. The van der Waals surface area contributed by atoms with E-state index < -0.39 is 5.97 Å². The topological polar surface area (TPSA) is 112 Å². The Morgan fingerprint density at radius 2 is 1.84 bits per heavy atom. The molecule has 0 bridgehead atoms. The summed E-state index contributed by atoms with van der Waals surface area (Å²) >= 11 is 17.2. The van der Waals surface area contributed by atoms with Crippen molar-refractivity contribution in [2.45, 2.75) is 6.92 Å². The molecule has 0 fully saturated rings. The SMILES string of the molecule is CC(=NNC(=S)Nc1ccc(C(=O)O)cc1)c1nn(C)c(-c2ccc(Cl)c(Cl)c2)c1O. The molecule has 2 aromatic carbocycles. The predicted octanol–water partition coefficient (Wildman–Crippen LogP) is 4.51. The van der Waals surface area contributed by atoms with E-state index in [4.69, 9.17) is 40.5 Å². The van der Waals surface area contributed by atoms with Crippen LogP contribution in [0.3, 0.4) is 0 Å². The Labute approximate surface area is 193 Å². The van der Waals surface area contributed by atoms with Crippen molar-refractivity contribution in [3.05, 3.63) is 63.8 Å². The minimum atomic E-state index is -1.01. The number of hydrazone groups is 1. The number of aromatic hydroxyl groups is 1. The Bertz CT molecular complexity index is 1190. The van der Waals surface area contributed by atoms with Gasteiger partial charge in [0.1, 0.15) is 5.69 Å². The van der Waals surface area contributed by atoms with Gasteiger partial charge in [-0.25, -0.2) is 4.79 Å². The molecule has 0 unspecified atom stereocenters. The van der Waals surface area contributed by atoms with Crippen LogP contribution in [0.25, 0.3) is 11.3 Å². The summed E-state index contributed by atoms with van der Waals surface area (Å²) in [5.74, 6) is -1.07. The average molecular weight is 478 g/mol. The lowest BCUT2D eigenvalue weighted by atomic mass is 10.1. The van der Waals surface area contributed by atoms with Gasteiger partial charge < -0.3 is 15.5 Å². The van der Waals surface area contributed by atoms with Gasteiger partial charge in [-0.1, -0.05) is 29.3 Å². The highest BCUT2D eigenvalue weighted by molar-refractivity contribution is 7.80. The standard InChI is InChI=1S/C20H17Cl2N5O3S/c1-10(24-25-20(31)23-13-6-3-11(4-7-13)19(29)30)16-18(28)17(27(2)26-16)12-5-8-14(21)15(22)9-12/h3-9,28H,1-2H3,(H,29,30)(H2,23,25,31). The summed E-state index contributed by atoms with van der Waals surface area (Å²) in [6, 6.07) is 11.1. The lowest BCUT2D eigenvalue weighted by Crippen LogP contribution is -2.25. The minimum absolute atomic E-state index is 0.0629. The molecule has 8 nitrogen and oxygen atoms in total. The Morgan fingerprint density at radius 1 is 1.16 bits per heavy atom. The highest BCUT2D eigenvalue weighted by Crippen LogP contribution is 2.35. The molecule has 31 heavy (non-hydrogen) atoms. The van der Waals surface area contributed by atoms with Crippen LogP contribution in [0, 0.1) is 0 Å². The fourth-order valence-electron chi connectivity index (χ4n) is 2.77. The third-order valence-corrected chi connectivity index (χ3v) is 5.21. The maximum absolute atomic E-state index is 10.9. The molecular formula is C20H17Cl2N5O3S. The third kappa shape index (κ3) is 5.13. The van der Waals surface area contributed by atoms with Crippen LogP contribution in [-0.4, -0.2) is 36.8 Å². The molecule has 0 saturated carbocycles. The second-order valence-electron chi connectivity index (χ2n) is 6.44. The van der Waals surface area contributed by atoms with Crippen molar-refractivity contribution in [1.29, 1.82) is 0 Å². The summed E-state index contributed by atoms with van der Waals surface area (Å²) in [6.45, 7) is 1.66. The van der Waals surface area contributed by atoms with Gasteiger partial charge in [0.25, 0.3) is 0 Å². The molecule has 1 heterocycles. The van der Waals surface area contributed by atoms with Crippen LogP contribution in [0.4, 0.5) is 5.69 Å². The van der Waals surface area contributed by atoms with Crippen LogP contribution < -0.4 is 10.7 Å². The summed E-state index contributed by atoms with van der Waals surface area (Å²) in [4.78, 5) is 10.9. The maximum atomic E-state index is 10.9. The molecule has 0 atom stereocenters. The van der Waals surface area contributed by atoms with E-state index in [1.165, 1.54) is 16.8 Å². The molecule has 0 spiro atoms. The highest BCUT2D eigenvalue weighted by Gasteiger charge is 2.19. The fraction of sp³-hybridized carbons (Fsp3) is 0.100. The van der Waals surface area contributed by atoms with Crippen molar-refractivity contribution in [2.75, 3.05) is 5.32 Å². The van der Waals surface area contributed by atoms with Gasteiger partial charge in [-0.2, -0.15) is 10.2 Å². The van der Waals surface area contributed by atoms with Gasteiger partial charge in [0, 0.05) is 18.3 Å². The lowest BCUT2D eigenvalue weighted by molar-refractivity contribution is 0.0697. The number of benzene rings is 2. The number of nitrogens with one attached hydrogen (secondary N) is 2. The number of aromatic carboxylic acids is 1. The number of carboxylic acids is 1. The predicted molar refractivity (Wildman–Crippen MR) is 125 cm³/mol. The van der Waals surface area contributed by atoms with E-state index in [0.29, 0.717) is 32.7 Å². The second-order valence-corrected chi connectivity index (χ2v) is 7.67. The van der Waals surface area contributed by atoms with Crippen molar-refractivity contribution >= 4 is 57.9 Å². The maximum Gasteiger partial charge on any atom is 0.335 e. The van der Waals surface area contributed by atoms with E-state index >= 15 is 0 Å². The molecule has 160 valence electrons. The van der Waals surface area contributed by atoms with E-state index in [2.05, 4.69) is 20.9 Å². The van der Waals surface area contributed by atoms with Gasteiger partial charge in [0.15, 0.2) is 16.6 Å². The van der Waals surface area contributed by atoms with Gasteiger partial charge in [0.05, 0.1) is 21.3 Å². The smallest absolute Gasteiger partial charge is 0.335 e. The number of halogens is 2. The number of aryl methyl sites for hydroxylation is 1. The summed E-state index contributed by atoms with van der Waals surface area (Å²) in [7, 11) is 1.69. The van der Waals surface area contributed by atoms with Crippen LogP contribution >= 0.6 is 35.4 Å². The summed E-state index contributed by atoms with van der Waals surface area (Å²) < 4.78 is 1.52. The molecule has 0 amide bonds. The van der Waals surface area contributed by atoms with Crippen molar-refractivity contribution in [2.24, 2.45) is 12.1 Å². The minimum Gasteiger partial charge on any atom is -0.504 e. The van der Waals surface area contributed by atoms with Gasteiger partial charge >= 0.3 is 5.97 Å². The number of hydrogen-bond donors (Lipinski definition) is 4. The summed E-state index contributed by atoms with van der Waals surface area (Å²) in [6.07, 6.45) is 0. The molecule has 3 rings (SSSR count). The van der Waals surface area contributed by atoms with Gasteiger partial charge in [-0.05, 0) is 55.5 Å². The van der Waals surface area contributed by atoms with Crippen molar-refractivity contribution in [3.8, 4) is 17.0 Å². The van der Waals surface area contributed by atoms with Crippen LogP contribution in [-0.2, 0) is 7.05 Å². The van der Waals surface area contributed by atoms with E-state index in [9.17, 15) is 9.90 Å². The number of nitrogens with zero attached hydrogens (tertiary/aromatic N) is 3. The third-order valence-electron chi connectivity index (χ3n) is 4.27. The lowest BCUT2D eigenvalue weighted by Gasteiger charge is -2.08. The van der Waals surface area contributed by atoms with E-state index in [0.717, 1.165) is 0 Å². The normalized spacial score (nSPS) is 11.3. The first kappa shape index (κ1) is 22.5. The number of carboxylic acid groups (broad SMARTS) is 1. The first-order valence-corrected chi connectivity index (χ1v) is 10.00. The largest absolute Gasteiger partial charge is 0.504 e. The zero-order valence-corrected chi connectivity index (χ0v) is 18.7. The Kier molecular flexibility index (Phi) is 6.79. The Balaban J connectivity index is 1.75. The Morgan fingerprint density at radius 3 is 2.45 bits per heavy atom. The molecule has 0 aliphatic heterocycles. The summed E-state index contributed by atoms with van der Waals surface area (Å²) in [5, 5.41) is 32.0. The fourth-order valence-corrected chi connectivity index (χ4v) is 3.23. The number of anilines is 1. The number of rotatable bonds is 5. The summed E-state index contributed by atoms with van der Waals surface area (Å²) in [5.41, 5.74) is 5.21. The molecule has 11 heteroatoms. The molecule has 4 N–H and O–H groups in total. The van der Waals surface area contributed by atoms with Crippen molar-refractivity contribution < 1.29 is 15.0 Å². The zero-order valence-electron chi connectivity index (χ0n) is 16.3. The van der Waals surface area contributed by atoms with E-state index in [1.54, 1.807) is 44.3 Å². The molecule has 0 saturated heterocycles. The van der Waals surface area contributed by atoms with Crippen LogP contribution in [0.1, 0.15) is 23.0 Å². The number of thiocarbonyl (C=S) groups is 1. The van der Waals surface area contributed by atoms with Crippen molar-refractivity contribution in [3.63, 3.8) is 0 Å². The first-order valence-electron chi connectivity index (χ1n) is 8.83. The Hall–Kier alpha value is -3.14. The van der Waals surface area contributed by atoms with E-state index in [1.807, 2.05) is 0 Å². The van der Waals surface area contributed by atoms with Crippen LogP contribution in [0.2, 0.25) is 10.0 Å². The van der Waals surface area contributed by atoms with Crippen LogP contribution in [0.5, 0.6) is 5.75 Å². The molecule has 0 radical (unpaired) electrons. The first-order chi connectivity index (χ1) is 14.7. The van der Waals surface area contributed by atoms with Crippen molar-refractivity contribution in [1.82, 2.24) is 15.2 Å². The van der Waals surface area contributed by atoms with Gasteiger partial charge in [0.2, 0.25) is 0 Å².